The average Bonchev–Trinajstić information content (AvgIpc) is 2.38. The topological polar surface area (TPSA) is 71.1 Å². The first-order valence-electron chi connectivity index (χ1n) is 6.59. The molecule has 0 spiro atoms. The van der Waals surface area contributed by atoms with Gasteiger partial charge >= 0.3 is 0 Å². The van der Waals surface area contributed by atoms with E-state index < -0.39 is 0 Å². The number of amides is 2. The normalized spacial score (nSPS) is 10.3. The molecule has 0 bridgehead atoms. The van der Waals surface area contributed by atoms with Crippen molar-refractivity contribution in [2.75, 3.05) is 6.54 Å². The molecule has 1 rings (SSSR count). The summed E-state index contributed by atoms with van der Waals surface area (Å²) in [4.78, 5) is 27.6. The quantitative estimate of drug-likeness (QED) is 0.768. The Morgan fingerprint density at radius 1 is 1.32 bits per heavy atom. The highest BCUT2D eigenvalue weighted by molar-refractivity contribution is 5.98. The van der Waals surface area contributed by atoms with Crippen LogP contribution in [0.2, 0.25) is 0 Å². The van der Waals surface area contributed by atoms with Crippen LogP contribution in [-0.4, -0.2) is 29.4 Å². The number of nitrogens with one attached hydrogen (secondary N) is 2. The molecule has 0 aromatic carbocycles. The molecule has 2 N–H and O–H groups in total. The SMILES string of the molecule is CCCCNC(=O)c1ccnc(C(=O)NC(C)C)c1. The highest BCUT2D eigenvalue weighted by atomic mass is 16.2. The summed E-state index contributed by atoms with van der Waals surface area (Å²) in [6.07, 6.45) is 3.44. The summed E-state index contributed by atoms with van der Waals surface area (Å²) in [6, 6.07) is 3.16. The van der Waals surface area contributed by atoms with Gasteiger partial charge in [-0.15, -0.1) is 0 Å². The van der Waals surface area contributed by atoms with E-state index in [9.17, 15) is 9.59 Å². The number of unbranched alkanes of at least 4 members (excludes halogenated alkanes) is 1. The highest BCUT2D eigenvalue weighted by Crippen LogP contribution is 2.02. The minimum Gasteiger partial charge on any atom is -0.352 e. The van der Waals surface area contributed by atoms with E-state index >= 15 is 0 Å². The fourth-order valence-corrected chi connectivity index (χ4v) is 1.51. The van der Waals surface area contributed by atoms with Crippen LogP contribution in [-0.2, 0) is 0 Å². The van der Waals surface area contributed by atoms with Crippen LogP contribution in [0.15, 0.2) is 18.3 Å². The number of carbonyl (C=O) groups excluding carboxylic acids is 2. The van der Waals surface area contributed by atoms with Crippen LogP contribution in [0.5, 0.6) is 0 Å². The zero-order chi connectivity index (χ0) is 14.3. The van der Waals surface area contributed by atoms with Crippen molar-refractivity contribution in [3.63, 3.8) is 0 Å². The molecule has 104 valence electrons. The minimum atomic E-state index is -0.266. The lowest BCUT2D eigenvalue weighted by molar-refractivity contribution is 0.0938. The van der Waals surface area contributed by atoms with Crippen molar-refractivity contribution in [3.05, 3.63) is 29.6 Å². The molecule has 0 saturated carbocycles. The Labute approximate surface area is 113 Å². The largest absolute Gasteiger partial charge is 0.352 e. The molecule has 5 nitrogen and oxygen atoms in total. The zero-order valence-electron chi connectivity index (χ0n) is 11.7. The van der Waals surface area contributed by atoms with Gasteiger partial charge < -0.3 is 10.6 Å². The maximum Gasteiger partial charge on any atom is 0.270 e. The second-order valence-electron chi connectivity index (χ2n) is 4.67. The lowest BCUT2D eigenvalue weighted by Gasteiger charge is -2.09. The Balaban J connectivity index is 2.71. The molecule has 19 heavy (non-hydrogen) atoms. The van der Waals surface area contributed by atoms with Gasteiger partial charge in [0.15, 0.2) is 0 Å². The van der Waals surface area contributed by atoms with Crippen molar-refractivity contribution in [1.82, 2.24) is 15.6 Å². The predicted molar refractivity (Wildman–Crippen MR) is 74.1 cm³/mol. The number of rotatable bonds is 6. The Hall–Kier alpha value is -1.91. The average molecular weight is 263 g/mol. The Morgan fingerprint density at radius 2 is 2.05 bits per heavy atom. The third kappa shape index (κ3) is 5.07. The predicted octanol–water partition coefficient (Wildman–Crippen LogP) is 1.75. The number of hydrogen-bond donors (Lipinski definition) is 2. The van der Waals surface area contributed by atoms with E-state index in [-0.39, 0.29) is 23.6 Å². The first-order valence-corrected chi connectivity index (χ1v) is 6.59. The van der Waals surface area contributed by atoms with Gasteiger partial charge in [-0.2, -0.15) is 0 Å². The van der Waals surface area contributed by atoms with Gasteiger partial charge in [0.05, 0.1) is 0 Å². The molecular weight excluding hydrogens is 242 g/mol. The van der Waals surface area contributed by atoms with Crippen LogP contribution in [0.25, 0.3) is 0 Å². The molecule has 0 atom stereocenters. The summed E-state index contributed by atoms with van der Waals surface area (Å²) in [5.74, 6) is -0.437. The number of aromatic nitrogens is 1. The van der Waals surface area contributed by atoms with Gasteiger partial charge in [0.2, 0.25) is 0 Å². The van der Waals surface area contributed by atoms with Crippen molar-refractivity contribution in [2.45, 2.75) is 39.7 Å². The number of pyridine rings is 1. The van der Waals surface area contributed by atoms with Crippen LogP contribution in [0.4, 0.5) is 0 Å². The van der Waals surface area contributed by atoms with Crippen LogP contribution in [0.3, 0.4) is 0 Å². The van der Waals surface area contributed by atoms with Crippen LogP contribution in [0, 0.1) is 0 Å². The summed E-state index contributed by atoms with van der Waals surface area (Å²) in [6.45, 7) is 6.45. The summed E-state index contributed by atoms with van der Waals surface area (Å²) < 4.78 is 0. The first kappa shape index (κ1) is 15.1. The second-order valence-corrected chi connectivity index (χ2v) is 4.67. The lowest BCUT2D eigenvalue weighted by Crippen LogP contribution is -2.31. The lowest BCUT2D eigenvalue weighted by atomic mass is 10.2. The Kier molecular flexibility index (Phi) is 5.99. The molecule has 0 saturated heterocycles. The number of carbonyl (C=O) groups is 2. The second kappa shape index (κ2) is 7.51. The Morgan fingerprint density at radius 3 is 2.68 bits per heavy atom. The molecule has 1 heterocycles. The third-order valence-corrected chi connectivity index (χ3v) is 2.49. The van der Waals surface area contributed by atoms with Crippen molar-refractivity contribution in [3.8, 4) is 0 Å². The molecule has 1 aromatic rings. The van der Waals surface area contributed by atoms with Crippen molar-refractivity contribution >= 4 is 11.8 Å². The summed E-state index contributed by atoms with van der Waals surface area (Å²) in [7, 11) is 0. The molecule has 0 radical (unpaired) electrons. The van der Waals surface area contributed by atoms with E-state index in [4.69, 9.17) is 0 Å². The van der Waals surface area contributed by atoms with Gasteiger partial charge in [0, 0.05) is 24.3 Å². The van der Waals surface area contributed by atoms with Crippen molar-refractivity contribution in [2.24, 2.45) is 0 Å². The highest BCUT2D eigenvalue weighted by Gasteiger charge is 2.12. The third-order valence-electron chi connectivity index (χ3n) is 2.49. The maximum atomic E-state index is 11.8. The van der Waals surface area contributed by atoms with Crippen LogP contribution < -0.4 is 10.6 Å². The standard InChI is InChI=1S/C14H21N3O2/c1-4-5-7-16-13(18)11-6-8-15-12(9-11)14(19)17-10(2)3/h6,8-10H,4-5,7H2,1-3H3,(H,16,18)(H,17,19). The van der Waals surface area contributed by atoms with E-state index in [1.807, 2.05) is 13.8 Å². The number of nitrogens with zero attached hydrogens (tertiary/aromatic N) is 1. The van der Waals surface area contributed by atoms with Crippen LogP contribution >= 0.6 is 0 Å². The molecule has 0 aliphatic carbocycles. The molecule has 0 aliphatic rings. The van der Waals surface area contributed by atoms with Gasteiger partial charge in [0.1, 0.15) is 5.69 Å². The first-order chi connectivity index (χ1) is 9.04. The van der Waals surface area contributed by atoms with E-state index in [1.165, 1.54) is 12.3 Å². The number of hydrogen-bond acceptors (Lipinski definition) is 3. The molecule has 0 fully saturated rings. The summed E-state index contributed by atoms with van der Waals surface area (Å²) >= 11 is 0. The molecule has 5 heteroatoms. The van der Waals surface area contributed by atoms with Gasteiger partial charge in [-0.25, -0.2) is 0 Å². The summed E-state index contributed by atoms with van der Waals surface area (Å²) in [5.41, 5.74) is 0.719. The van der Waals surface area contributed by atoms with E-state index in [2.05, 4.69) is 22.5 Å². The fourth-order valence-electron chi connectivity index (χ4n) is 1.51. The van der Waals surface area contributed by atoms with Crippen LogP contribution in [0.1, 0.15) is 54.5 Å². The minimum absolute atomic E-state index is 0.0383. The van der Waals surface area contributed by atoms with E-state index in [1.54, 1.807) is 6.07 Å². The van der Waals surface area contributed by atoms with Gasteiger partial charge in [-0.1, -0.05) is 13.3 Å². The van der Waals surface area contributed by atoms with Gasteiger partial charge in [-0.3, -0.25) is 14.6 Å². The molecule has 2 amide bonds. The van der Waals surface area contributed by atoms with Crippen molar-refractivity contribution in [1.29, 1.82) is 0 Å². The molecular formula is C14H21N3O2. The van der Waals surface area contributed by atoms with Crippen molar-refractivity contribution < 1.29 is 9.59 Å². The fraction of sp³-hybridized carbons (Fsp3) is 0.500. The van der Waals surface area contributed by atoms with Gasteiger partial charge in [-0.05, 0) is 32.4 Å². The van der Waals surface area contributed by atoms with Gasteiger partial charge in [0.25, 0.3) is 11.8 Å². The zero-order valence-corrected chi connectivity index (χ0v) is 11.7. The molecule has 1 aromatic heterocycles. The smallest absolute Gasteiger partial charge is 0.270 e. The summed E-state index contributed by atoms with van der Waals surface area (Å²) in [5, 5.41) is 5.55. The van der Waals surface area contributed by atoms with E-state index in [0.717, 1.165) is 12.8 Å². The molecule has 0 unspecified atom stereocenters. The monoisotopic (exact) mass is 263 g/mol. The molecule has 0 aliphatic heterocycles. The van der Waals surface area contributed by atoms with E-state index in [0.29, 0.717) is 12.1 Å². The maximum absolute atomic E-state index is 11.8. The Bertz CT molecular complexity index is 444.